The second kappa shape index (κ2) is 8.67. The van der Waals surface area contributed by atoms with E-state index in [1.807, 2.05) is 13.0 Å². The minimum Gasteiger partial charge on any atom is -0.476 e. The van der Waals surface area contributed by atoms with Gasteiger partial charge < -0.3 is 14.8 Å². The summed E-state index contributed by atoms with van der Waals surface area (Å²) in [6.45, 7) is 5.41. The van der Waals surface area contributed by atoms with Crippen LogP contribution in [0.4, 0.5) is 10.1 Å². The van der Waals surface area contributed by atoms with Crippen molar-refractivity contribution in [2.75, 3.05) is 5.32 Å². The van der Waals surface area contributed by atoms with E-state index < -0.39 is 17.8 Å². The van der Waals surface area contributed by atoms with Gasteiger partial charge in [0.2, 0.25) is 0 Å². The van der Waals surface area contributed by atoms with Crippen LogP contribution in [0.15, 0.2) is 57.7 Å². The molecule has 0 radical (unpaired) electrons. The highest BCUT2D eigenvalue weighted by molar-refractivity contribution is 6.29. The number of rotatable bonds is 5. The van der Waals surface area contributed by atoms with Crippen LogP contribution < -0.4 is 10.7 Å². The van der Waals surface area contributed by atoms with Crippen molar-refractivity contribution in [1.82, 2.24) is 4.98 Å². The molecule has 4 rings (SSSR count). The largest absolute Gasteiger partial charge is 0.476 e. The molecule has 0 aliphatic heterocycles. The third kappa shape index (κ3) is 4.45. The maximum atomic E-state index is 14.6. The number of pyridine rings is 1. The van der Waals surface area contributed by atoms with Gasteiger partial charge in [-0.15, -0.1) is 0 Å². The van der Waals surface area contributed by atoms with E-state index in [0.29, 0.717) is 16.5 Å². The summed E-state index contributed by atoms with van der Waals surface area (Å²) >= 11 is 5.85. The van der Waals surface area contributed by atoms with Crippen LogP contribution in [0.25, 0.3) is 22.3 Å². The number of fused-ring (bicyclic) bond motifs is 1. The molecule has 2 N–H and O–H groups in total. The number of anilines is 1. The van der Waals surface area contributed by atoms with Crippen molar-refractivity contribution in [2.45, 2.75) is 26.8 Å². The van der Waals surface area contributed by atoms with Gasteiger partial charge in [-0.25, -0.2) is 14.2 Å². The van der Waals surface area contributed by atoms with Crippen LogP contribution in [0.5, 0.6) is 0 Å². The van der Waals surface area contributed by atoms with Crippen molar-refractivity contribution < 1.29 is 18.7 Å². The number of carbonyl (C=O) groups is 1. The normalized spacial score (nSPS) is 12.0. The molecule has 168 valence electrons. The number of benzene rings is 2. The topological polar surface area (TPSA) is 92.4 Å². The summed E-state index contributed by atoms with van der Waals surface area (Å²) in [4.78, 5) is 28.4. The highest BCUT2D eigenvalue weighted by Gasteiger charge is 2.20. The summed E-state index contributed by atoms with van der Waals surface area (Å²) in [6, 6.07) is 12.0. The Morgan fingerprint density at radius 3 is 2.58 bits per heavy atom. The van der Waals surface area contributed by atoms with E-state index in [9.17, 15) is 19.1 Å². The molecule has 0 fully saturated rings. The lowest BCUT2D eigenvalue weighted by Crippen LogP contribution is -2.13. The minimum absolute atomic E-state index is 0.0578. The smallest absolute Gasteiger partial charge is 0.356 e. The lowest BCUT2D eigenvalue weighted by atomic mass is 10.00. The van der Waals surface area contributed by atoms with Gasteiger partial charge in [0, 0.05) is 11.6 Å². The van der Waals surface area contributed by atoms with Gasteiger partial charge in [0.1, 0.15) is 22.3 Å². The van der Waals surface area contributed by atoms with Gasteiger partial charge in [-0.2, -0.15) is 0 Å². The maximum absolute atomic E-state index is 14.6. The first-order chi connectivity index (χ1) is 15.6. The number of hydrogen-bond acceptors (Lipinski definition) is 5. The fourth-order valence-electron chi connectivity index (χ4n) is 3.73. The van der Waals surface area contributed by atoms with Gasteiger partial charge in [0.05, 0.1) is 22.7 Å². The van der Waals surface area contributed by atoms with Crippen molar-refractivity contribution in [2.24, 2.45) is 0 Å². The van der Waals surface area contributed by atoms with Crippen LogP contribution in [-0.2, 0) is 0 Å². The average Bonchev–Trinajstić information content (AvgIpc) is 2.74. The van der Waals surface area contributed by atoms with Gasteiger partial charge in [-0.1, -0.05) is 23.7 Å². The molecule has 6 nitrogen and oxygen atoms in total. The Kier molecular flexibility index (Phi) is 5.91. The Labute approximate surface area is 193 Å². The van der Waals surface area contributed by atoms with Crippen molar-refractivity contribution >= 4 is 34.2 Å². The fraction of sp³-hybridized carbons (Fsp3) is 0.160. The second-order valence-corrected chi connectivity index (χ2v) is 8.28. The molecular formula is C25H20ClFN2O4. The molecule has 8 heteroatoms. The number of nitrogens with zero attached hydrogens (tertiary/aromatic N) is 1. The lowest BCUT2D eigenvalue weighted by molar-refractivity contribution is 0.0691. The average molecular weight is 467 g/mol. The zero-order valence-electron chi connectivity index (χ0n) is 18.1. The maximum Gasteiger partial charge on any atom is 0.356 e. The third-order valence-electron chi connectivity index (χ3n) is 5.29. The predicted octanol–water partition coefficient (Wildman–Crippen LogP) is 6.14. The van der Waals surface area contributed by atoms with E-state index in [0.717, 1.165) is 11.1 Å². The third-order valence-corrected chi connectivity index (χ3v) is 5.50. The molecule has 0 aliphatic rings. The molecule has 2 heterocycles. The van der Waals surface area contributed by atoms with Gasteiger partial charge in [0.15, 0.2) is 11.1 Å². The number of aryl methyl sites for hydroxylation is 2. The number of hydrogen-bond donors (Lipinski definition) is 2. The van der Waals surface area contributed by atoms with E-state index >= 15 is 0 Å². The number of aromatic carboxylic acids is 1. The number of halogens is 2. The van der Waals surface area contributed by atoms with E-state index in [-0.39, 0.29) is 33.3 Å². The molecule has 0 aliphatic carbocycles. The zero-order chi connectivity index (χ0) is 23.9. The van der Waals surface area contributed by atoms with E-state index in [4.69, 9.17) is 16.0 Å². The summed E-state index contributed by atoms with van der Waals surface area (Å²) in [5, 5.41) is 13.0. The molecule has 4 aromatic rings. The first kappa shape index (κ1) is 22.5. The van der Waals surface area contributed by atoms with Crippen LogP contribution in [0, 0.1) is 19.7 Å². The van der Waals surface area contributed by atoms with Crippen molar-refractivity contribution in [3.8, 4) is 11.3 Å². The molecular weight excluding hydrogens is 447 g/mol. The highest BCUT2D eigenvalue weighted by atomic mass is 35.5. The van der Waals surface area contributed by atoms with E-state index in [2.05, 4.69) is 10.3 Å². The lowest BCUT2D eigenvalue weighted by Gasteiger charge is -2.19. The molecule has 1 unspecified atom stereocenters. The van der Waals surface area contributed by atoms with Crippen LogP contribution in [-0.4, -0.2) is 16.1 Å². The Balaban J connectivity index is 1.86. The zero-order valence-corrected chi connectivity index (χ0v) is 18.8. The predicted molar refractivity (Wildman–Crippen MR) is 126 cm³/mol. The molecule has 33 heavy (non-hydrogen) atoms. The van der Waals surface area contributed by atoms with Crippen molar-refractivity contribution in [1.29, 1.82) is 0 Å². The number of carboxylic acids is 1. The van der Waals surface area contributed by atoms with Gasteiger partial charge in [-0.05, 0) is 62.2 Å². The molecule has 2 aromatic heterocycles. The summed E-state index contributed by atoms with van der Waals surface area (Å²) in [6.07, 6.45) is 0. The molecule has 1 atom stereocenters. The molecule has 0 bridgehead atoms. The summed E-state index contributed by atoms with van der Waals surface area (Å²) in [7, 11) is 0. The minimum atomic E-state index is -1.23. The first-order valence-electron chi connectivity index (χ1n) is 10.2. The van der Waals surface area contributed by atoms with Gasteiger partial charge in [-0.3, -0.25) is 4.79 Å². The molecule has 2 aromatic carbocycles. The first-order valence-corrected chi connectivity index (χ1v) is 10.5. The Bertz CT molecular complexity index is 1470. The fourth-order valence-corrected chi connectivity index (χ4v) is 3.88. The summed E-state index contributed by atoms with van der Waals surface area (Å²) in [5.41, 5.74) is 2.39. The Morgan fingerprint density at radius 1 is 1.12 bits per heavy atom. The van der Waals surface area contributed by atoms with E-state index in [1.54, 1.807) is 32.0 Å². The SMILES string of the molecule is Cc1ccc(-c2cc(=O)c3cc(C)cc(C(C)Nc4ccc(Cl)nc4C(=O)O)c3o2)c(F)c1. The molecule has 0 spiro atoms. The number of aromatic nitrogens is 1. The highest BCUT2D eigenvalue weighted by Crippen LogP contribution is 2.32. The second-order valence-electron chi connectivity index (χ2n) is 7.89. The number of carboxylic acid groups (broad SMARTS) is 1. The Hall–Kier alpha value is -3.71. The molecule has 0 saturated carbocycles. The van der Waals surface area contributed by atoms with E-state index in [1.165, 1.54) is 24.3 Å². The quantitative estimate of drug-likeness (QED) is 0.343. The standard InChI is InChI=1S/C25H20ClFN2O4/c1-12-4-5-15(18(27)10-12)21-11-20(30)17-9-13(2)8-16(24(17)33-21)14(3)28-19-6-7-22(26)29-23(19)25(31)32/h4-11,14,28H,1-3H3,(H,31,32). The van der Waals surface area contributed by atoms with Crippen LogP contribution in [0.2, 0.25) is 5.15 Å². The van der Waals surface area contributed by atoms with Crippen molar-refractivity contribution in [3.05, 3.63) is 92.1 Å². The van der Waals surface area contributed by atoms with Gasteiger partial charge in [0.25, 0.3) is 0 Å². The Morgan fingerprint density at radius 2 is 1.88 bits per heavy atom. The molecule has 0 amide bonds. The summed E-state index contributed by atoms with van der Waals surface area (Å²) in [5.74, 6) is -1.61. The van der Waals surface area contributed by atoms with Crippen LogP contribution >= 0.6 is 11.6 Å². The monoisotopic (exact) mass is 466 g/mol. The van der Waals surface area contributed by atoms with Crippen LogP contribution in [0.1, 0.15) is 40.1 Å². The van der Waals surface area contributed by atoms with Crippen molar-refractivity contribution in [3.63, 3.8) is 0 Å². The molecule has 0 saturated heterocycles. The van der Waals surface area contributed by atoms with Gasteiger partial charge >= 0.3 is 5.97 Å². The van der Waals surface area contributed by atoms with Crippen LogP contribution in [0.3, 0.4) is 0 Å². The summed E-state index contributed by atoms with van der Waals surface area (Å²) < 4.78 is 20.6. The number of nitrogens with one attached hydrogen (secondary N) is 1.